The summed E-state index contributed by atoms with van der Waals surface area (Å²) in [6, 6.07) is 0.742. The van der Waals surface area contributed by atoms with Crippen molar-refractivity contribution in [1.82, 2.24) is 5.32 Å². The van der Waals surface area contributed by atoms with Crippen LogP contribution >= 0.6 is 0 Å². The third-order valence-electron chi connectivity index (χ3n) is 3.61. The van der Waals surface area contributed by atoms with Gasteiger partial charge in [-0.3, -0.25) is 0 Å². The Balaban J connectivity index is 2.02. The van der Waals surface area contributed by atoms with Gasteiger partial charge in [0, 0.05) is 12.6 Å². The van der Waals surface area contributed by atoms with Crippen LogP contribution in [-0.2, 0) is 4.74 Å². The van der Waals surface area contributed by atoms with E-state index in [-0.39, 0.29) is 5.60 Å². The lowest BCUT2D eigenvalue weighted by atomic mass is 9.83. The van der Waals surface area contributed by atoms with Gasteiger partial charge < -0.3 is 10.1 Å². The van der Waals surface area contributed by atoms with Crippen molar-refractivity contribution in [3.8, 4) is 0 Å². The Morgan fingerprint density at radius 2 is 1.76 bits per heavy atom. The first-order chi connectivity index (χ1) is 8.01. The normalized spacial score (nSPS) is 26.1. The van der Waals surface area contributed by atoms with E-state index in [0.717, 1.165) is 25.1 Å². The second kappa shape index (κ2) is 7.38. The van der Waals surface area contributed by atoms with Gasteiger partial charge in [0.25, 0.3) is 0 Å². The predicted molar refractivity (Wildman–Crippen MR) is 74.4 cm³/mol. The maximum Gasteiger partial charge on any atom is 0.0599 e. The van der Waals surface area contributed by atoms with Crippen LogP contribution in [0.1, 0.15) is 66.2 Å². The van der Waals surface area contributed by atoms with Crippen LogP contribution in [0.4, 0.5) is 0 Å². The van der Waals surface area contributed by atoms with Crippen molar-refractivity contribution >= 4 is 0 Å². The van der Waals surface area contributed by atoms with E-state index in [1.807, 2.05) is 0 Å². The Labute approximate surface area is 108 Å². The molecule has 102 valence electrons. The molecule has 1 saturated carbocycles. The summed E-state index contributed by atoms with van der Waals surface area (Å²) >= 11 is 0. The monoisotopic (exact) mass is 241 g/mol. The van der Waals surface area contributed by atoms with Crippen molar-refractivity contribution in [2.45, 2.75) is 77.9 Å². The molecule has 0 atom stereocenters. The topological polar surface area (TPSA) is 21.3 Å². The summed E-state index contributed by atoms with van der Waals surface area (Å²) in [7, 11) is 0. The minimum atomic E-state index is 0.000463. The number of hydrogen-bond donors (Lipinski definition) is 1. The minimum absolute atomic E-state index is 0.000463. The molecule has 0 aliphatic heterocycles. The summed E-state index contributed by atoms with van der Waals surface area (Å²) in [5.41, 5.74) is 0.000463. The number of ether oxygens (including phenoxy) is 1. The Bertz CT molecular complexity index is 190. The van der Waals surface area contributed by atoms with Crippen molar-refractivity contribution < 1.29 is 4.74 Å². The number of nitrogens with one attached hydrogen (secondary N) is 1. The molecule has 17 heavy (non-hydrogen) atoms. The Kier molecular flexibility index (Phi) is 6.50. The molecule has 0 aromatic carbocycles. The molecule has 2 heteroatoms. The summed E-state index contributed by atoms with van der Waals surface area (Å²) in [6.45, 7) is 10.5. The van der Waals surface area contributed by atoms with Crippen LogP contribution in [-0.4, -0.2) is 24.8 Å². The second-order valence-corrected chi connectivity index (χ2v) is 6.42. The lowest BCUT2D eigenvalue weighted by Crippen LogP contribution is -2.36. The van der Waals surface area contributed by atoms with Crippen LogP contribution in [0.25, 0.3) is 0 Å². The van der Waals surface area contributed by atoms with Crippen LogP contribution < -0.4 is 5.32 Å². The molecule has 0 amide bonds. The highest BCUT2D eigenvalue weighted by molar-refractivity contribution is 4.77. The van der Waals surface area contributed by atoms with E-state index in [1.54, 1.807) is 0 Å². The molecule has 1 aliphatic rings. The second-order valence-electron chi connectivity index (χ2n) is 6.42. The standard InChI is InChI=1S/C15H31NO/c1-5-6-13-7-9-14(10-8-13)16-11-12-17-15(2,3)4/h13-14,16H,5-12H2,1-4H3. The first kappa shape index (κ1) is 15.0. The van der Waals surface area contributed by atoms with Crippen LogP contribution in [0.5, 0.6) is 0 Å². The molecule has 1 aliphatic carbocycles. The molecule has 0 radical (unpaired) electrons. The van der Waals surface area contributed by atoms with Crippen molar-refractivity contribution in [1.29, 1.82) is 0 Å². The van der Waals surface area contributed by atoms with E-state index < -0.39 is 0 Å². The maximum absolute atomic E-state index is 5.72. The van der Waals surface area contributed by atoms with Crippen molar-refractivity contribution in [3.63, 3.8) is 0 Å². The molecule has 0 heterocycles. The van der Waals surface area contributed by atoms with E-state index in [1.165, 1.54) is 38.5 Å². The summed E-state index contributed by atoms with van der Waals surface area (Å²) in [5.74, 6) is 1.00. The van der Waals surface area contributed by atoms with Crippen molar-refractivity contribution in [2.24, 2.45) is 5.92 Å². The molecule has 0 bridgehead atoms. The van der Waals surface area contributed by atoms with Crippen molar-refractivity contribution in [3.05, 3.63) is 0 Å². The molecule has 2 nitrogen and oxygen atoms in total. The van der Waals surface area contributed by atoms with Crippen LogP contribution in [0, 0.1) is 5.92 Å². The zero-order valence-electron chi connectivity index (χ0n) is 12.2. The molecular formula is C15H31NO. The summed E-state index contributed by atoms with van der Waals surface area (Å²) < 4.78 is 5.72. The first-order valence-electron chi connectivity index (χ1n) is 7.38. The quantitative estimate of drug-likeness (QED) is 0.715. The Morgan fingerprint density at radius 3 is 2.29 bits per heavy atom. The highest BCUT2D eigenvalue weighted by atomic mass is 16.5. The van der Waals surface area contributed by atoms with E-state index in [4.69, 9.17) is 4.74 Å². The molecule has 0 aromatic rings. The average Bonchev–Trinajstić information content (AvgIpc) is 2.26. The van der Waals surface area contributed by atoms with Gasteiger partial charge in [0.2, 0.25) is 0 Å². The van der Waals surface area contributed by atoms with Gasteiger partial charge in [0.15, 0.2) is 0 Å². The van der Waals surface area contributed by atoms with Gasteiger partial charge in [-0.1, -0.05) is 19.8 Å². The molecule has 1 rings (SSSR count). The molecule has 1 N–H and O–H groups in total. The van der Waals surface area contributed by atoms with Gasteiger partial charge >= 0.3 is 0 Å². The van der Waals surface area contributed by atoms with E-state index in [2.05, 4.69) is 33.0 Å². The molecular weight excluding hydrogens is 210 g/mol. The Morgan fingerprint density at radius 1 is 1.12 bits per heavy atom. The van der Waals surface area contributed by atoms with E-state index in [9.17, 15) is 0 Å². The zero-order valence-corrected chi connectivity index (χ0v) is 12.2. The fourth-order valence-electron chi connectivity index (χ4n) is 2.68. The van der Waals surface area contributed by atoms with Gasteiger partial charge in [-0.15, -0.1) is 0 Å². The third-order valence-corrected chi connectivity index (χ3v) is 3.61. The fourth-order valence-corrected chi connectivity index (χ4v) is 2.68. The molecule has 0 aromatic heterocycles. The highest BCUT2D eigenvalue weighted by Crippen LogP contribution is 2.27. The van der Waals surface area contributed by atoms with Crippen LogP contribution in [0.2, 0.25) is 0 Å². The molecule has 0 spiro atoms. The first-order valence-corrected chi connectivity index (χ1v) is 7.38. The van der Waals surface area contributed by atoms with E-state index in [0.29, 0.717) is 0 Å². The molecule has 0 unspecified atom stereocenters. The average molecular weight is 241 g/mol. The van der Waals surface area contributed by atoms with E-state index >= 15 is 0 Å². The summed E-state index contributed by atoms with van der Waals surface area (Å²) in [5, 5.41) is 3.63. The SMILES string of the molecule is CCCC1CCC(NCCOC(C)(C)C)CC1. The Hall–Kier alpha value is -0.0800. The lowest BCUT2D eigenvalue weighted by molar-refractivity contribution is -0.00212. The summed E-state index contributed by atoms with van der Waals surface area (Å²) in [4.78, 5) is 0. The maximum atomic E-state index is 5.72. The predicted octanol–water partition coefficient (Wildman–Crippen LogP) is 3.75. The van der Waals surface area contributed by atoms with Gasteiger partial charge in [-0.05, 0) is 52.4 Å². The van der Waals surface area contributed by atoms with Crippen molar-refractivity contribution in [2.75, 3.05) is 13.2 Å². The molecule has 1 fully saturated rings. The highest BCUT2D eigenvalue weighted by Gasteiger charge is 2.20. The molecule has 0 saturated heterocycles. The number of hydrogen-bond acceptors (Lipinski definition) is 2. The van der Waals surface area contributed by atoms with Gasteiger partial charge in [-0.2, -0.15) is 0 Å². The number of rotatable bonds is 6. The summed E-state index contributed by atoms with van der Waals surface area (Å²) in [6.07, 6.45) is 8.35. The zero-order chi connectivity index (χ0) is 12.7. The van der Waals surface area contributed by atoms with Crippen LogP contribution in [0.15, 0.2) is 0 Å². The van der Waals surface area contributed by atoms with Gasteiger partial charge in [0.05, 0.1) is 12.2 Å². The largest absolute Gasteiger partial charge is 0.375 e. The minimum Gasteiger partial charge on any atom is -0.375 e. The smallest absolute Gasteiger partial charge is 0.0599 e. The third kappa shape index (κ3) is 7.05. The van der Waals surface area contributed by atoms with Gasteiger partial charge in [-0.25, -0.2) is 0 Å². The lowest BCUT2D eigenvalue weighted by Gasteiger charge is -2.29. The van der Waals surface area contributed by atoms with Crippen LogP contribution in [0.3, 0.4) is 0 Å². The van der Waals surface area contributed by atoms with Gasteiger partial charge in [0.1, 0.15) is 0 Å². The fraction of sp³-hybridized carbons (Fsp3) is 1.00.